The van der Waals surface area contributed by atoms with Crippen LogP contribution in [0.4, 0.5) is 5.69 Å². The van der Waals surface area contributed by atoms with Crippen LogP contribution in [0.1, 0.15) is 10.4 Å². The Morgan fingerprint density at radius 3 is 2.07 bits per heavy atom. The molecule has 0 unspecified atom stereocenters. The fourth-order valence-corrected chi connectivity index (χ4v) is 3.84. The lowest BCUT2D eigenvalue weighted by atomic mass is 10.2. The highest BCUT2D eigenvalue weighted by atomic mass is 35.5. The summed E-state index contributed by atoms with van der Waals surface area (Å²) in [6.45, 7) is -0.591. The molecule has 2 aromatic rings. The fourth-order valence-electron chi connectivity index (χ4n) is 2.03. The molecule has 0 saturated heterocycles. The number of hydrogen-bond donors (Lipinski definition) is 1. The number of carbonyl (C=O) groups is 2. The molecule has 1 amide bonds. The molecule has 28 heavy (non-hydrogen) atoms. The summed E-state index contributed by atoms with van der Waals surface area (Å²) in [6.07, 6.45) is 0. The van der Waals surface area contributed by atoms with Crippen LogP contribution < -0.4 is 5.32 Å². The van der Waals surface area contributed by atoms with Crippen molar-refractivity contribution in [1.29, 1.82) is 0 Å². The van der Waals surface area contributed by atoms with Crippen LogP contribution >= 0.6 is 34.8 Å². The third-order valence-corrected chi connectivity index (χ3v) is 6.12. The first-order chi connectivity index (χ1) is 13.0. The number of halogens is 3. The van der Waals surface area contributed by atoms with Gasteiger partial charge in [0.1, 0.15) is 0 Å². The summed E-state index contributed by atoms with van der Waals surface area (Å²) in [4.78, 5) is 24.0. The Labute approximate surface area is 177 Å². The third kappa shape index (κ3) is 5.36. The van der Waals surface area contributed by atoms with Crippen LogP contribution in [-0.2, 0) is 19.6 Å². The van der Waals surface area contributed by atoms with Gasteiger partial charge in [-0.15, -0.1) is 0 Å². The largest absolute Gasteiger partial charge is 0.452 e. The second kappa shape index (κ2) is 9.11. The van der Waals surface area contributed by atoms with Crippen molar-refractivity contribution in [2.45, 2.75) is 4.90 Å². The second-order valence-electron chi connectivity index (χ2n) is 5.68. The van der Waals surface area contributed by atoms with Gasteiger partial charge in [-0.05, 0) is 36.4 Å². The molecule has 11 heteroatoms. The number of nitrogens with zero attached hydrogens (tertiary/aromatic N) is 1. The predicted molar refractivity (Wildman–Crippen MR) is 108 cm³/mol. The standard InChI is InChI=1S/C17H15Cl3N2O5S/c1-22(2)28(25,26)12-5-3-10(4-6-12)17(24)27-9-15(23)21-16-13(19)7-11(18)8-14(16)20/h3-8H,9H2,1-2H3,(H,21,23). The average Bonchev–Trinajstić information content (AvgIpc) is 2.62. The van der Waals surface area contributed by atoms with Crippen LogP contribution in [0.5, 0.6) is 0 Å². The van der Waals surface area contributed by atoms with Gasteiger partial charge in [0.2, 0.25) is 10.0 Å². The Kier molecular flexibility index (Phi) is 7.30. The first-order valence-electron chi connectivity index (χ1n) is 7.66. The highest BCUT2D eigenvalue weighted by Crippen LogP contribution is 2.33. The highest BCUT2D eigenvalue weighted by molar-refractivity contribution is 7.89. The Morgan fingerprint density at radius 1 is 1.04 bits per heavy atom. The molecule has 0 atom stereocenters. The minimum atomic E-state index is -3.61. The maximum Gasteiger partial charge on any atom is 0.338 e. The van der Waals surface area contributed by atoms with E-state index in [2.05, 4.69) is 5.32 Å². The van der Waals surface area contributed by atoms with Gasteiger partial charge in [0, 0.05) is 19.1 Å². The van der Waals surface area contributed by atoms with Crippen molar-refractivity contribution in [3.05, 3.63) is 57.0 Å². The Balaban J connectivity index is 2.00. The van der Waals surface area contributed by atoms with Gasteiger partial charge in [-0.1, -0.05) is 34.8 Å². The first-order valence-corrected chi connectivity index (χ1v) is 10.2. The molecule has 1 N–H and O–H groups in total. The average molecular weight is 466 g/mol. The quantitative estimate of drug-likeness (QED) is 0.657. The molecular weight excluding hydrogens is 451 g/mol. The molecule has 0 spiro atoms. The van der Waals surface area contributed by atoms with E-state index in [4.69, 9.17) is 39.5 Å². The molecule has 0 aliphatic rings. The Hall–Kier alpha value is -1.84. The number of carbonyl (C=O) groups excluding carboxylic acids is 2. The van der Waals surface area contributed by atoms with Crippen molar-refractivity contribution in [2.24, 2.45) is 0 Å². The van der Waals surface area contributed by atoms with Crippen LogP contribution in [0.2, 0.25) is 15.1 Å². The van der Waals surface area contributed by atoms with Crippen molar-refractivity contribution in [3.63, 3.8) is 0 Å². The first kappa shape index (κ1) is 22.4. The number of esters is 1. The highest BCUT2D eigenvalue weighted by Gasteiger charge is 2.18. The van der Waals surface area contributed by atoms with E-state index in [0.717, 1.165) is 4.31 Å². The minimum absolute atomic E-state index is 0.0267. The molecular formula is C17H15Cl3N2O5S. The fraction of sp³-hybridized carbons (Fsp3) is 0.176. The monoisotopic (exact) mass is 464 g/mol. The van der Waals surface area contributed by atoms with Crippen LogP contribution in [0.15, 0.2) is 41.3 Å². The van der Waals surface area contributed by atoms with E-state index in [1.807, 2.05) is 0 Å². The normalized spacial score (nSPS) is 11.4. The van der Waals surface area contributed by atoms with Gasteiger partial charge in [-0.25, -0.2) is 17.5 Å². The maximum absolute atomic E-state index is 12.0. The summed E-state index contributed by atoms with van der Waals surface area (Å²) in [7, 11) is -0.812. The second-order valence-corrected chi connectivity index (χ2v) is 9.08. The van der Waals surface area contributed by atoms with Crippen LogP contribution in [0.3, 0.4) is 0 Å². The molecule has 0 bridgehead atoms. The zero-order valence-electron chi connectivity index (χ0n) is 14.7. The van der Waals surface area contributed by atoms with Crippen molar-refractivity contribution in [1.82, 2.24) is 4.31 Å². The molecule has 2 rings (SSSR count). The topological polar surface area (TPSA) is 92.8 Å². The third-order valence-electron chi connectivity index (χ3n) is 3.47. The van der Waals surface area contributed by atoms with Gasteiger partial charge in [0.25, 0.3) is 5.91 Å². The summed E-state index contributed by atoms with van der Waals surface area (Å²) in [5.41, 5.74) is 0.236. The summed E-state index contributed by atoms with van der Waals surface area (Å²) < 4.78 is 30.0. The number of sulfonamides is 1. The van der Waals surface area contributed by atoms with E-state index >= 15 is 0 Å². The molecule has 0 saturated carbocycles. The van der Waals surface area contributed by atoms with E-state index in [1.54, 1.807) is 0 Å². The maximum atomic E-state index is 12.0. The van der Waals surface area contributed by atoms with E-state index in [9.17, 15) is 18.0 Å². The Morgan fingerprint density at radius 2 is 1.57 bits per heavy atom. The van der Waals surface area contributed by atoms with E-state index in [1.165, 1.54) is 50.5 Å². The Bertz CT molecular complexity index is 985. The van der Waals surface area contributed by atoms with Gasteiger partial charge in [-0.3, -0.25) is 4.79 Å². The molecule has 0 aromatic heterocycles. The van der Waals surface area contributed by atoms with Gasteiger partial charge in [0.05, 0.1) is 26.2 Å². The number of nitrogens with one attached hydrogen (secondary N) is 1. The molecule has 0 fully saturated rings. The van der Waals surface area contributed by atoms with Gasteiger partial charge >= 0.3 is 5.97 Å². The zero-order valence-corrected chi connectivity index (χ0v) is 17.8. The van der Waals surface area contributed by atoms with E-state index < -0.39 is 28.5 Å². The van der Waals surface area contributed by atoms with Crippen LogP contribution in [-0.4, -0.2) is 45.3 Å². The summed E-state index contributed by atoms with van der Waals surface area (Å²) >= 11 is 17.7. The number of ether oxygens (including phenoxy) is 1. The van der Waals surface area contributed by atoms with Crippen LogP contribution in [0.25, 0.3) is 0 Å². The van der Waals surface area contributed by atoms with Crippen molar-refractivity contribution in [3.8, 4) is 0 Å². The number of hydrogen-bond acceptors (Lipinski definition) is 5. The summed E-state index contributed by atoms with van der Waals surface area (Å²) in [6, 6.07) is 7.95. The van der Waals surface area contributed by atoms with Crippen molar-refractivity contribution >= 4 is 62.4 Å². The molecule has 150 valence electrons. The van der Waals surface area contributed by atoms with Crippen molar-refractivity contribution in [2.75, 3.05) is 26.0 Å². The van der Waals surface area contributed by atoms with Crippen molar-refractivity contribution < 1.29 is 22.7 Å². The van der Waals surface area contributed by atoms with Gasteiger partial charge in [-0.2, -0.15) is 0 Å². The molecule has 2 aromatic carbocycles. The zero-order chi connectivity index (χ0) is 21.1. The summed E-state index contributed by atoms with van der Waals surface area (Å²) in [5.74, 6) is -1.46. The lowest BCUT2D eigenvalue weighted by Gasteiger charge is -2.12. The number of anilines is 1. The minimum Gasteiger partial charge on any atom is -0.452 e. The number of benzene rings is 2. The van der Waals surface area contributed by atoms with E-state index in [-0.39, 0.29) is 26.2 Å². The number of rotatable bonds is 6. The lowest BCUT2D eigenvalue weighted by Crippen LogP contribution is -2.22. The predicted octanol–water partition coefficient (Wildman–Crippen LogP) is 3.69. The SMILES string of the molecule is CN(C)S(=O)(=O)c1ccc(C(=O)OCC(=O)Nc2c(Cl)cc(Cl)cc2Cl)cc1. The smallest absolute Gasteiger partial charge is 0.338 e. The number of amides is 1. The molecule has 7 nitrogen and oxygen atoms in total. The molecule has 0 radical (unpaired) electrons. The molecule has 0 heterocycles. The van der Waals surface area contributed by atoms with Crippen LogP contribution in [0, 0.1) is 0 Å². The molecule has 0 aliphatic heterocycles. The lowest BCUT2D eigenvalue weighted by molar-refractivity contribution is -0.119. The van der Waals surface area contributed by atoms with Gasteiger partial charge < -0.3 is 10.1 Å². The summed E-state index contributed by atoms with van der Waals surface area (Å²) in [5, 5.41) is 3.00. The van der Waals surface area contributed by atoms with E-state index in [0.29, 0.717) is 5.02 Å². The molecule has 0 aliphatic carbocycles. The van der Waals surface area contributed by atoms with Gasteiger partial charge in [0.15, 0.2) is 6.61 Å².